The molecule has 1 aliphatic carbocycles. The lowest BCUT2D eigenvalue weighted by molar-refractivity contribution is 0.161. The van der Waals surface area contributed by atoms with Gasteiger partial charge in [-0.25, -0.2) is 4.98 Å². The van der Waals surface area contributed by atoms with Crippen molar-refractivity contribution in [2.75, 3.05) is 4.90 Å². The summed E-state index contributed by atoms with van der Waals surface area (Å²) in [5.41, 5.74) is 4.05. The van der Waals surface area contributed by atoms with E-state index >= 15 is 0 Å². The zero-order valence-electron chi connectivity index (χ0n) is 15.2. The van der Waals surface area contributed by atoms with Crippen LogP contribution in [0.1, 0.15) is 58.2 Å². The normalized spacial score (nSPS) is 27.5. The van der Waals surface area contributed by atoms with Crippen molar-refractivity contribution < 1.29 is 4.39 Å². The van der Waals surface area contributed by atoms with Crippen LogP contribution in [-0.2, 0) is 5.41 Å². The summed E-state index contributed by atoms with van der Waals surface area (Å²) in [5, 5.41) is 13.1. The van der Waals surface area contributed by atoms with Gasteiger partial charge in [-0.3, -0.25) is 14.9 Å². The van der Waals surface area contributed by atoms with E-state index in [9.17, 15) is 4.39 Å². The smallest absolute Gasteiger partial charge is 0.283 e. The molecule has 26 heavy (non-hydrogen) atoms. The summed E-state index contributed by atoms with van der Waals surface area (Å²) in [5.74, 6) is 1.63. The molecule has 8 nitrogen and oxygen atoms in total. The van der Waals surface area contributed by atoms with Crippen molar-refractivity contribution in [1.82, 2.24) is 30.0 Å². The summed E-state index contributed by atoms with van der Waals surface area (Å²) in [4.78, 5) is 5.97. The molecule has 9 heteroatoms. The Morgan fingerprint density at radius 1 is 1.23 bits per heavy atom. The van der Waals surface area contributed by atoms with Crippen LogP contribution in [0.5, 0.6) is 0 Å². The average Bonchev–Trinajstić information content (AvgIpc) is 3.31. The minimum absolute atomic E-state index is 0.00110. The van der Waals surface area contributed by atoms with Crippen molar-refractivity contribution in [3.63, 3.8) is 0 Å². The molecule has 5 rings (SSSR count). The number of nitrogens with one attached hydrogen (secondary N) is 1. The monoisotopic (exact) mass is 358 g/mol. The van der Waals surface area contributed by atoms with Crippen molar-refractivity contribution >= 4 is 11.8 Å². The van der Waals surface area contributed by atoms with Gasteiger partial charge in [-0.05, 0) is 12.8 Å². The van der Waals surface area contributed by atoms with E-state index in [1.54, 1.807) is 15.4 Å². The number of aromatic nitrogens is 5. The highest BCUT2D eigenvalue weighted by molar-refractivity contribution is 5.98. The second-order valence-electron chi connectivity index (χ2n) is 8.43. The Hall–Kier alpha value is -2.45. The summed E-state index contributed by atoms with van der Waals surface area (Å²) < 4.78 is 17.9. The average molecular weight is 358 g/mol. The van der Waals surface area contributed by atoms with Crippen LogP contribution >= 0.6 is 0 Å². The van der Waals surface area contributed by atoms with Crippen LogP contribution in [-0.4, -0.2) is 36.7 Å². The van der Waals surface area contributed by atoms with Crippen molar-refractivity contribution in [3.8, 4) is 0 Å². The summed E-state index contributed by atoms with van der Waals surface area (Å²) in [6.45, 7) is 6.28. The molecule has 138 valence electrons. The standard InChI is InChI=1S/C17H23FN8/c1-17(2,3)12-9-24(23-20-12)16-22-21-14-10-6-4-5-7-11(10)25-13(26(14)16)8-19-15(25)18/h8-11,14,21H,4-7H2,1-3H3. The molecular formula is C17H23FN8. The summed E-state index contributed by atoms with van der Waals surface area (Å²) in [6.07, 6.45) is 7.37. The Balaban J connectivity index is 1.58. The van der Waals surface area contributed by atoms with E-state index in [4.69, 9.17) is 0 Å². The van der Waals surface area contributed by atoms with Crippen LogP contribution in [0, 0.1) is 12.0 Å². The zero-order chi connectivity index (χ0) is 18.1. The number of hydrogen-bond acceptors (Lipinski definition) is 6. The van der Waals surface area contributed by atoms with Gasteiger partial charge in [0.15, 0.2) is 0 Å². The molecule has 2 aromatic heterocycles. The Morgan fingerprint density at radius 3 is 2.81 bits per heavy atom. The molecule has 1 N–H and O–H groups in total. The second kappa shape index (κ2) is 5.28. The number of hydrogen-bond donors (Lipinski definition) is 1. The van der Waals surface area contributed by atoms with Gasteiger partial charge < -0.3 is 0 Å². The van der Waals surface area contributed by atoms with Gasteiger partial charge in [-0.1, -0.05) is 38.8 Å². The second-order valence-corrected chi connectivity index (χ2v) is 8.43. The third-order valence-corrected chi connectivity index (χ3v) is 5.75. The minimum atomic E-state index is -0.421. The number of rotatable bonds is 0. The molecule has 0 aromatic carbocycles. The first-order valence-corrected chi connectivity index (χ1v) is 9.23. The molecule has 0 spiro atoms. The van der Waals surface area contributed by atoms with Crippen LogP contribution < -0.4 is 10.3 Å². The quantitative estimate of drug-likeness (QED) is 0.781. The molecule has 3 aliphatic rings. The van der Waals surface area contributed by atoms with Crippen molar-refractivity contribution in [2.24, 2.45) is 11.0 Å². The zero-order valence-corrected chi connectivity index (χ0v) is 15.2. The fourth-order valence-electron chi connectivity index (χ4n) is 4.40. The van der Waals surface area contributed by atoms with Gasteiger partial charge in [0.1, 0.15) is 12.0 Å². The van der Waals surface area contributed by atoms with Gasteiger partial charge in [0.25, 0.3) is 12.0 Å². The molecule has 1 saturated carbocycles. The Labute approximate surface area is 151 Å². The van der Waals surface area contributed by atoms with E-state index in [-0.39, 0.29) is 23.5 Å². The Bertz CT molecular complexity index is 876. The third-order valence-electron chi connectivity index (χ3n) is 5.75. The number of fused-ring (bicyclic) bond motifs is 6. The number of nitrogens with zero attached hydrogens (tertiary/aromatic N) is 7. The van der Waals surface area contributed by atoms with Gasteiger partial charge in [0.05, 0.1) is 18.1 Å². The van der Waals surface area contributed by atoms with Crippen molar-refractivity contribution in [1.29, 1.82) is 0 Å². The van der Waals surface area contributed by atoms with E-state index in [0.29, 0.717) is 5.96 Å². The first kappa shape index (κ1) is 15.8. The van der Waals surface area contributed by atoms with Crippen LogP contribution in [0.3, 0.4) is 0 Å². The summed E-state index contributed by atoms with van der Waals surface area (Å²) in [7, 11) is 0. The fraction of sp³-hybridized carbons (Fsp3) is 0.647. The molecular weight excluding hydrogens is 335 g/mol. The number of hydrazone groups is 1. The molecule has 2 aromatic rings. The highest BCUT2D eigenvalue weighted by Crippen LogP contribution is 2.45. The lowest BCUT2D eigenvalue weighted by atomic mass is 9.80. The topological polar surface area (TPSA) is 76.2 Å². The molecule has 0 bridgehead atoms. The molecule has 0 amide bonds. The maximum absolute atomic E-state index is 14.5. The largest absolute Gasteiger partial charge is 0.291 e. The summed E-state index contributed by atoms with van der Waals surface area (Å²) in [6, 6.07) is 0.130. The van der Waals surface area contributed by atoms with Gasteiger partial charge in [-0.15, -0.1) is 10.2 Å². The van der Waals surface area contributed by atoms with Crippen LogP contribution in [0.4, 0.5) is 10.2 Å². The van der Waals surface area contributed by atoms with E-state index in [1.165, 1.54) is 0 Å². The van der Waals surface area contributed by atoms with Crippen molar-refractivity contribution in [3.05, 3.63) is 24.2 Å². The predicted molar refractivity (Wildman–Crippen MR) is 94.1 cm³/mol. The van der Waals surface area contributed by atoms with E-state index in [1.807, 2.05) is 11.1 Å². The molecule has 1 fully saturated rings. The first-order valence-electron chi connectivity index (χ1n) is 9.23. The van der Waals surface area contributed by atoms with E-state index in [2.05, 4.69) is 46.6 Å². The summed E-state index contributed by atoms with van der Waals surface area (Å²) >= 11 is 0. The number of anilines is 1. The molecule has 4 heterocycles. The van der Waals surface area contributed by atoms with Gasteiger partial charge in [0, 0.05) is 17.4 Å². The van der Waals surface area contributed by atoms with Crippen LogP contribution in [0.25, 0.3) is 0 Å². The lowest BCUT2D eigenvalue weighted by Crippen LogP contribution is -2.55. The minimum Gasteiger partial charge on any atom is -0.283 e. The van der Waals surface area contributed by atoms with E-state index in [0.717, 1.165) is 37.2 Å². The molecule has 3 unspecified atom stereocenters. The number of halogens is 1. The van der Waals surface area contributed by atoms with Gasteiger partial charge in [-0.2, -0.15) is 9.07 Å². The molecule has 0 radical (unpaired) electrons. The van der Waals surface area contributed by atoms with Gasteiger partial charge in [0.2, 0.25) is 0 Å². The predicted octanol–water partition coefficient (Wildman–Crippen LogP) is 2.21. The highest BCUT2D eigenvalue weighted by Gasteiger charge is 2.48. The van der Waals surface area contributed by atoms with Crippen LogP contribution in [0.15, 0.2) is 17.5 Å². The molecule has 3 atom stereocenters. The highest BCUT2D eigenvalue weighted by atomic mass is 19.1. The van der Waals surface area contributed by atoms with E-state index < -0.39 is 6.08 Å². The lowest BCUT2D eigenvalue weighted by Gasteiger charge is -2.45. The van der Waals surface area contributed by atoms with Crippen molar-refractivity contribution in [2.45, 2.75) is 64.1 Å². The van der Waals surface area contributed by atoms with Gasteiger partial charge >= 0.3 is 0 Å². The Morgan fingerprint density at radius 2 is 2.04 bits per heavy atom. The maximum Gasteiger partial charge on any atom is 0.291 e. The third kappa shape index (κ3) is 2.12. The number of imidazole rings is 1. The Kier molecular flexibility index (Phi) is 3.20. The SMILES string of the molecule is CC(C)(C)c1cn(C2=NNC3C4CCCCC4n4c(cnc4F)N23)nn1. The fourth-order valence-corrected chi connectivity index (χ4v) is 4.40. The molecule has 2 aliphatic heterocycles. The maximum atomic E-state index is 14.5. The van der Waals surface area contributed by atoms with Crippen LogP contribution in [0.2, 0.25) is 0 Å². The molecule has 0 saturated heterocycles. The first-order chi connectivity index (χ1) is 12.4.